The van der Waals surface area contributed by atoms with E-state index < -0.39 is 0 Å². The Balaban J connectivity index is 1.55. The molecule has 30 heavy (non-hydrogen) atoms. The molecule has 0 saturated heterocycles. The van der Waals surface area contributed by atoms with Gasteiger partial charge in [0.05, 0.1) is 22.8 Å². The molecule has 0 atom stereocenters. The Labute approximate surface area is 177 Å². The van der Waals surface area contributed by atoms with Gasteiger partial charge in [0.25, 0.3) is 5.91 Å². The summed E-state index contributed by atoms with van der Waals surface area (Å²) in [5, 5.41) is 5.05. The molecule has 0 spiro atoms. The molecule has 1 N–H and O–H groups in total. The van der Waals surface area contributed by atoms with Crippen LogP contribution < -0.4 is 15.1 Å². The van der Waals surface area contributed by atoms with Gasteiger partial charge in [0.1, 0.15) is 6.54 Å². The highest BCUT2D eigenvalue weighted by molar-refractivity contribution is 7.14. The average Bonchev–Trinajstić information content (AvgIpc) is 3.20. The first-order valence-electron chi connectivity index (χ1n) is 9.22. The third-order valence-corrected chi connectivity index (χ3v) is 5.31. The summed E-state index contributed by atoms with van der Waals surface area (Å²) in [6, 6.07) is 16.4. The Morgan fingerprint density at radius 1 is 1.13 bits per heavy atom. The van der Waals surface area contributed by atoms with Crippen LogP contribution in [0.3, 0.4) is 0 Å². The number of aromatic nitrogens is 1. The first-order valence-corrected chi connectivity index (χ1v) is 10.1. The van der Waals surface area contributed by atoms with Crippen LogP contribution >= 0.6 is 11.3 Å². The van der Waals surface area contributed by atoms with Gasteiger partial charge < -0.3 is 5.32 Å². The molecule has 0 fully saturated rings. The second-order valence-electron chi connectivity index (χ2n) is 6.57. The van der Waals surface area contributed by atoms with E-state index in [2.05, 4.69) is 10.3 Å². The number of benzene rings is 2. The van der Waals surface area contributed by atoms with Crippen molar-refractivity contribution in [3.63, 3.8) is 0 Å². The molecule has 8 heteroatoms. The van der Waals surface area contributed by atoms with Crippen LogP contribution in [0.1, 0.15) is 12.6 Å². The average molecular weight is 418 g/mol. The maximum atomic E-state index is 12.7. The first kappa shape index (κ1) is 19.5. The van der Waals surface area contributed by atoms with Crippen molar-refractivity contribution in [2.24, 2.45) is 0 Å². The minimum atomic E-state index is -0.321. The minimum absolute atomic E-state index is 0.0470. The van der Waals surface area contributed by atoms with Gasteiger partial charge in [-0.2, -0.15) is 0 Å². The fourth-order valence-corrected chi connectivity index (χ4v) is 3.99. The number of thiazole rings is 1. The Morgan fingerprint density at radius 2 is 1.87 bits per heavy atom. The van der Waals surface area contributed by atoms with Crippen LogP contribution in [0.5, 0.6) is 0 Å². The van der Waals surface area contributed by atoms with E-state index in [1.165, 1.54) is 34.1 Å². The molecule has 0 saturated carbocycles. The summed E-state index contributed by atoms with van der Waals surface area (Å²) >= 11 is 1.31. The van der Waals surface area contributed by atoms with Gasteiger partial charge in [-0.05, 0) is 30.3 Å². The summed E-state index contributed by atoms with van der Waals surface area (Å²) in [6.07, 6.45) is 2.97. The largest absolute Gasteiger partial charge is 0.323 e. The number of carbonyl (C=O) groups excluding carboxylic acids is 3. The van der Waals surface area contributed by atoms with Crippen molar-refractivity contribution >= 4 is 57.3 Å². The molecule has 7 nitrogen and oxygen atoms in total. The molecule has 0 unspecified atom stereocenters. The van der Waals surface area contributed by atoms with Crippen molar-refractivity contribution < 1.29 is 14.4 Å². The van der Waals surface area contributed by atoms with Gasteiger partial charge >= 0.3 is 0 Å². The summed E-state index contributed by atoms with van der Waals surface area (Å²) < 4.78 is 0. The summed E-state index contributed by atoms with van der Waals surface area (Å²) in [5.74, 6) is -0.720. The molecule has 2 aromatic carbocycles. The third kappa shape index (κ3) is 3.99. The lowest BCUT2D eigenvalue weighted by Gasteiger charge is -2.28. The van der Waals surface area contributed by atoms with Crippen LogP contribution in [0.2, 0.25) is 0 Å². The second-order valence-corrected chi connectivity index (χ2v) is 7.40. The number of para-hydroxylation sites is 3. The van der Waals surface area contributed by atoms with Crippen molar-refractivity contribution in [3.05, 3.63) is 71.7 Å². The SMILES string of the molecule is CC(=O)N(c1ccccc1)c1nc(/C=C/C(=O)N2CC(=O)Nc3ccccc32)cs1. The zero-order valence-electron chi connectivity index (χ0n) is 16.1. The van der Waals surface area contributed by atoms with E-state index in [1.54, 1.807) is 29.7 Å². The molecule has 3 aromatic rings. The molecule has 1 aliphatic heterocycles. The molecule has 3 amide bonds. The maximum Gasteiger partial charge on any atom is 0.251 e. The number of anilines is 4. The lowest BCUT2D eigenvalue weighted by Crippen LogP contribution is -2.41. The molecule has 0 aliphatic carbocycles. The molecule has 4 rings (SSSR count). The van der Waals surface area contributed by atoms with E-state index in [0.717, 1.165) is 5.69 Å². The fraction of sp³-hybridized carbons (Fsp3) is 0.0909. The highest BCUT2D eigenvalue weighted by atomic mass is 32.1. The van der Waals surface area contributed by atoms with Crippen LogP contribution in [0.15, 0.2) is 66.1 Å². The topological polar surface area (TPSA) is 82.6 Å². The van der Waals surface area contributed by atoms with Gasteiger partial charge in [-0.3, -0.25) is 24.2 Å². The molecule has 1 aliphatic rings. The van der Waals surface area contributed by atoms with E-state index in [9.17, 15) is 14.4 Å². The Bertz CT molecular complexity index is 1140. The van der Waals surface area contributed by atoms with Crippen LogP contribution in [-0.4, -0.2) is 29.3 Å². The van der Waals surface area contributed by atoms with E-state index in [4.69, 9.17) is 0 Å². The van der Waals surface area contributed by atoms with Crippen LogP contribution in [0, 0.1) is 0 Å². The maximum absolute atomic E-state index is 12.7. The van der Waals surface area contributed by atoms with Crippen molar-refractivity contribution in [3.8, 4) is 0 Å². The predicted molar refractivity (Wildman–Crippen MR) is 118 cm³/mol. The van der Waals surface area contributed by atoms with Crippen molar-refractivity contribution in [2.75, 3.05) is 21.7 Å². The molecule has 2 heterocycles. The third-order valence-electron chi connectivity index (χ3n) is 4.46. The molecular formula is C22H18N4O3S. The number of rotatable bonds is 4. The number of nitrogens with one attached hydrogen (secondary N) is 1. The highest BCUT2D eigenvalue weighted by Crippen LogP contribution is 2.30. The van der Waals surface area contributed by atoms with Gasteiger partial charge in [0.2, 0.25) is 11.8 Å². The standard InChI is InChI=1S/C22H18N4O3S/c1-15(27)26(17-7-3-2-4-8-17)22-23-16(14-30-22)11-12-21(29)25-13-20(28)24-18-9-5-6-10-19(18)25/h2-12,14H,13H2,1H3,(H,24,28)/b12-11+. The number of fused-ring (bicyclic) bond motifs is 1. The Kier molecular flexibility index (Phi) is 5.40. The van der Waals surface area contributed by atoms with E-state index in [-0.39, 0.29) is 24.3 Å². The van der Waals surface area contributed by atoms with E-state index in [1.807, 2.05) is 36.4 Å². The normalized spacial score (nSPS) is 13.1. The smallest absolute Gasteiger partial charge is 0.251 e. The number of carbonyl (C=O) groups is 3. The number of hydrogen-bond donors (Lipinski definition) is 1. The summed E-state index contributed by atoms with van der Waals surface area (Å²) in [7, 11) is 0. The van der Waals surface area contributed by atoms with Crippen molar-refractivity contribution in [1.29, 1.82) is 0 Å². The molecule has 150 valence electrons. The van der Waals surface area contributed by atoms with E-state index >= 15 is 0 Å². The quantitative estimate of drug-likeness (QED) is 0.653. The molecule has 0 bridgehead atoms. The van der Waals surface area contributed by atoms with Gasteiger partial charge in [0, 0.05) is 18.4 Å². The number of hydrogen-bond acceptors (Lipinski definition) is 5. The molecule has 0 radical (unpaired) electrons. The Hall–Kier alpha value is -3.78. The first-order chi connectivity index (χ1) is 14.5. The molecular weight excluding hydrogens is 400 g/mol. The van der Waals surface area contributed by atoms with Gasteiger partial charge in [-0.15, -0.1) is 11.3 Å². The number of nitrogens with zero attached hydrogens (tertiary/aromatic N) is 3. The lowest BCUT2D eigenvalue weighted by molar-refractivity contribution is -0.119. The minimum Gasteiger partial charge on any atom is -0.323 e. The van der Waals surface area contributed by atoms with Crippen LogP contribution in [0.4, 0.5) is 22.2 Å². The summed E-state index contributed by atoms with van der Waals surface area (Å²) in [4.78, 5) is 44.2. The van der Waals surface area contributed by atoms with Gasteiger partial charge in [0.15, 0.2) is 5.13 Å². The lowest BCUT2D eigenvalue weighted by atomic mass is 10.2. The fourth-order valence-electron chi connectivity index (χ4n) is 3.14. The Morgan fingerprint density at radius 3 is 2.63 bits per heavy atom. The zero-order chi connectivity index (χ0) is 21.1. The monoisotopic (exact) mass is 418 g/mol. The van der Waals surface area contributed by atoms with E-state index in [0.29, 0.717) is 22.2 Å². The summed E-state index contributed by atoms with van der Waals surface area (Å²) in [5.41, 5.74) is 2.53. The zero-order valence-corrected chi connectivity index (χ0v) is 16.9. The highest BCUT2D eigenvalue weighted by Gasteiger charge is 2.25. The molecule has 1 aromatic heterocycles. The second kappa shape index (κ2) is 8.30. The van der Waals surface area contributed by atoms with Crippen molar-refractivity contribution in [1.82, 2.24) is 4.98 Å². The van der Waals surface area contributed by atoms with Crippen LogP contribution in [-0.2, 0) is 14.4 Å². The summed E-state index contributed by atoms with van der Waals surface area (Å²) in [6.45, 7) is 1.43. The predicted octanol–water partition coefficient (Wildman–Crippen LogP) is 3.83. The van der Waals surface area contributed by atoms with Crippen molar-refractivity contribution in [2.45, 2.75) is 6.92 Å². The number of amides is 3. The van der Waals surface area contributed by atoms with Gasteiger partial charge in [-0.1, -0.05) is 30.3 Å². The van der Waals surface area contributed by atoms with Crippen LogP contribution in [0.25, 0.3) is 6.08 Å². The van der Waals surface area contributed by atoms with Gasteiger partial charge in [-0.25, -0.2) is 4.98 Å².